The number of likely N-dealkylation sites (tertiary alicyclic amines) is 1. The average Bonchev–Trinajstić information content (AvgIpc) is 2.89. The average molecular weight is 531 g/mol. The monoisotopic (exact) mass is 530 g/mol. The second-order valence-electron chi connectivity index (χ2n) is 10.3. The molecule has 37 heavy (non-hydrogen) atoms. The van der Waals surface area contributed by atoms with E-state index in [1.165, 1.54) is 0 Å². The molecule has 2 saturated heterocycles. The van der Waals surface area contributed by atoms with E-state index in [9.17, 15) is 14.7 Å². The molecular formula is C28H39ClN4O4. The maximum atomic E-state index is 13.4. The molecule has 8 nitrogen and oxygen atoms in total. The van der Waals surface area contributed by atoms with Crippen molar-refractivity contribution in [2.45, 2.75) is 70.7 Å². The SMILES string of the molecule is CCCCN1C(=O)[C@@H]([C@H](O)C(C)C)NC(=O)C12CCN(Cc1ccc(Oc3ccccc3)nc1)CC2.Cl. The highest BCUT2D eigenvalue weighted by Crippen LogP contribution is 2.35. The number of nitrogens with one attached hydrogen (secondary N) is 1. The summed E-state index contributed by atoms with van der Waals surface area (Å²) >= 11 is 0. The van der Waals surface area contributed by atoms with Crippen LogP contribution in [0.3, 0.4) is 0 Å². The van der Waals surface area contributed by atoms with Crippen molar-refractivity contribution in [3.05, 3.63) is 54.2 Å². The van der Waals surface area contributed by atoms with Crippen molar-refractivity contribution in [3.63, 3.8) is 0 Å². The Morgan fingerprint density at radius 2 is 1.84 bits per heavy atom. The van der Waals surface area contributed by atoms with Gasteiger partial charge in [0.25, 0.3) is 0 Å². The summed E-state index contributed by atoms with van der Waals surface area (Å²) in [6, 6.07) is 12.6. The largest absolute Gasteiger partial charge is 0.439 e. The van der Waals surface area contributed by atoms with Crippen LogP contribution in [-0.2, 0) is 16.1 Å². The third-order valence-electron chi connectivity index (χ3n) is 7.37. The number of benzene rings is 1. The smallest absolute Gasteiger partial charge is 0.248 e. The number of pyridine rings is 1. The molecular weight excluding hydrogens is 492 g/mol. The van der Waals surface area contributed by atoms with Crippen LogP contribution in [-0.4, -0.2) is 69.0 Å². The number of nitrogens with zero attached hydrogens (tertiary/aromatic N) is 3. The van der Waals surface area contributed by atoms with E-state index in [-0.39, 0.29) is 30.1 Å². The molecule has 2 N–H and O–H groups in total. The van der Waals surface area contributed by atoms with E-state index in [2.05, 4.69) is 22.1 Å². The number of aliphatic hydroxyl groups is 1. The Morgan fingerprint density at radius 3 is 2.43 bits per heavy atom. The third kappa shape index (κ3) is 6.43. The van der Waals surface area contributed by atoms with Crippen LogP contribution in [0.1, 0.15) is 52.0 Å². The molecule has 2 fully saturated rings. The van der Waals surface area contributed by atoms with Crippen molar-refractivity contribution in [1.29, 1.82) is 0 Å². The van der Waals surface area contributed by atoms with Crippen molar-refractivity contribution >= 4 is 24.2 Å². The standard InChI is InChI=1S/C28H38N4O4.ClH/c1-4-5-15-32-26(34)24(25(33)20(2)3)30-27(35)28(32)13-16-31(17-14-28)19-21-11-12-23(29-18-21)36-22-9-7-6-8-10-22;/h6-12,18,20,24-25,33H,4-5,13-17,19H2,1-3H3,(H,30,35);1H/t24-,25-;/m1./s1. The summed E-state index contributed by atoms with van der Waals surface area (Å²) in [5.74, 6) is 0.878. The first-order chi connectivity index (χ1) is 17.3. The summed E-state index contributed by atoms with van der Waals surface area (Å²) in [6.07, 6.45) is 3.83. The summed E-state index contributed by atoms with van der Waals surface area (Å²) in [4.78, 5) is 35.4. The minimum absolute atomic E-state index is 0. The predicted octanol–water partition coefficient (Wildman–Crippen LogP) is 3.77. The summed E-state index contributed by atoms with van der Waals surface area (Å²) in [5, 5.41) is 13.5. The van der Waals surface area contributed by atoms with Crippen LogP contribution < -0.4 is 10.1 Å². The number of aliphatic hydroxyl groups excluding tert-OH is 1. The highest BCUT2D eigenvalue weighted by atomic mass is 35.5. The Hall–Kier alpha value is -2.68. The number of carbonyl (C=O) groups excluding carboxylic acids is 2. The maximum Gasteiger partial charge on any atom is 0.248 e. The van der Waals surface area contributed by atoms with Gasteiger partial charge in [0, 0.05) is 38.4 Å². The van der Waals surface area contributed by atoms with Crippen LogP contribution in [0.15, 0.2) is 48.7 Å². The number of piperidine rings is 1. The molecule has 0 saturated carbocycles. The molecule has 4 rings (SSSR count). The summed E-state index contributed by atoms with van der Waals surface area (Å²) in [5.41, 5.74) is 0.222. The molecule has 0 unspecified atom stereocenters. The number of para-hydroxylation sites is 1. The van der Waals surface area contributed by atoms with Crippen molar-refractivity contribution in [1.82, 2.24) is 20.1 Å². The topological polar surface area (TPSA) is 95.0 Å². The van der Waals surface area contributed by atoms with E-state index in [1.807, 2.05) is 62.5 Å². The molecule has 2 atom stereocenters. The first-order valence-electron chi connectivity index (χ1n) is 13.0. The fourth-order valence-corrected chi connectivity index (χ4v) is 5.11. The molecule has 2 aliphatic heterocycles. The lowest BCUT2D eigenvalue weighted by Crippen LogP contribution is -2.74. The minimum atomic E-state index is -0.899. The molecule has 1 aromatic carbocycles. The molecule has 0 radical (unpaired) electrons. The Labute approximate surface area is 225 Å². The first-order valence-corrected chi connectivity index (χ1v) is 13.0. The van der Waals surface area contributed by atoms with Gasteiger partial charge in [0.15, 0.2) is 0 Å². The van der Waals surface area contributed by atoms with Crippen LogP contribution in [0, 0.1) is 5.92 Å². The van der Waals surface area contributed by atoms with Gasteiger partial charge in [-0.25, -0.2) is 4.98 Å². The molecule has 2 amide bonds. The Bertz CT molecular complexity index is 1030. The maximum absolute atomic E-state index is 13.4. The second kappa shape index (κ2) is 12.7. The zero-order chi connectivity index (χ0) is 25.7. The lowest BCUT2D eigenvalue weighted by molar-refractivity contribution is -0.165. The van der Waals surface area contributed by atoms with Gasteiger partial charge in [0.2, 0.25) is 17.7 Å². The van der Waals surface area contributed by atoms with Crippen molar-refractivity contribution in [3.8, 4) is 11.6 Å². The van der Waals surface area contributed by atoms with Gasteiger partial charge in [-0.3, -0.25) is 14.5 Å². The Balaban J connectivity index is 0.00000380. The highest BCUT2D eigenvalue weighted by molar-refractivity contribution is 6.00. The van der Waals surface area contributed by atoms with E-state index >= 15 is 0 Å². The predicted molar refractivity (Wildman–Crippen MR) is 145 cm³/mol. The van der Waals surface area contributed by atoms with Gasteiger partial charge in [-0.2, -0.15) is 0 Å². The van der Waals surface area contributed by atoms with E-state index in [1.54, 1.807) is 4.90 Å². The number of carbonyl (C=O) groups is 2. The number of halogens is 1. The van der Waals surface area contributed by atoms with Crippen LogP contribution >= 0.6 is 12.4 Å². The Kier molecular flexibility index (Phi) is 9.93. The molecule has 2 aliphatic rings. The molecule has 0 aliphatic carbocycles. The molecule has 1 spiro atoms. The number of aromatic nitrogens is 1. The lowest BCUT2D eigenvalue weighted by atomic mass is 9.80. The van der Waals surface area contributed by atoms with E-state index in [4.69, 9.17) is 4.74 Å². The molecule has 9 heteroatoms. The van der Waals surface area contributed by atoms with Gasteiger partial charge in [-0.15, -0.1) is 12.4 Å². The Morgan fingerprint density at radius 1 is 1.14 bits per heavy atom. The van der Waals surface area contributed by atoms with Gasteiger partial charge >= 0.3 is 0 Å². The van der Waals surface area contributed by atoms with Crippen molar-refractivity contribution in [2.24, 2.45) is 5.92 Å². The molecule has 3 heterocycles. The second-order valence-corrected chi connectivity index (χ2v) is 10.3. The number of unbranched alkanes of at least 4 members (excludes halogenated alkanes) is 1. The lowest BCUT2D eigenvalue weighted by Gasteiger charge is -2.52. The number of ether oxygens (including phenoxy) is 1. The van der Waals surface area contributed by atoms with Crippen LogP contribution in [0.25, 0.3) is 0 Å². The van der Waals surface area contributed by atoms with Crippen LogP contribution in [0.5, 0.6) is 11.6 Å². The summed E-state index contributed by atoms with van der Waals surface area (Å²) in [7, 11) is 0. The molecule has 202 valence electrons. The van der Waals surface area contributed by atoms with E-state index in [0.717, 1.165) is 24.2 Å². The number of hydrogen-bond acceptors (Lipinski definition) is 6. The first kappa shape index (κ1) is 28.9. The van der Waals surface area contributed by atoms with Crippen LogP contribution in [0.2, 0.25) is 0 Å². The van der Waals surface area contributed by atoms with Gasteiger partial charge in [-0.05, 0) is 42.9 Å². The number of amides is 2. The van der Waals surface area contributed by atoms with Gasteiger partial charge in [-0.1, -0.05) is 51.5 Å². The fourth-order valence-electron chi connectivity index (χ4n) is 5.11. The summed E-state index contributed by atoms with van der Waals surface area (Å²) < 4.78 is 5.78. The number of piperazine rings is 1. The zero-order valence-electron chi connectivity index (χ0n) is 21.9. The summed E-state index contributed by atoms with van der Waals surface area (Å²) in [6.45, 7) is 8.45. The van der Waals surface area contributed by atoms with E-state index in [0.29, 0.717) is 44.9 Å². The number of hydrogen-bond donors (Lipinski definition) is 2. The number of rotatable bonds is 9. The third-order valence-corrected chi connectivity index (χ3v) is 7.37. The van der Waals surface area contributed by atoms with Crippen molar-refractivity contribution in [2.75, 3.05) is 19.6 Å². The van der Waals surface area contributed by atoms with Gasteiger partial charge < -0.3 is 20.1 Å². The van der Waals surface area contributed by atoms with Gasteiger partial charge in [0.05, 0.1) is 6.10 Å². The normalized spacial score (nSPS) is 20.5. The minimum Gasteiger partial charge on any atom is -0.439 e. The fraction of sp³-hybridized carbons (Fsp3) is 0.536. The van der Waals surface area contributed by atoms with E-state index < -0.39 is 17.7 Å². The highest BCUT2D eigenvalue weighted by Gasteiger charge is 2.54. The van der Waals surface area contributed by atoms with Crippen molar-refractivity contribution < 1.29 is 19.4 Å². The zero-order valence-corrected chi connectivity index (χ0v) is 22.7. The molecule has 1 aromatic heterocycles. The van der Waals surface area contributed by atoms with Gasteiger partial charge in [0.1, 0.15) is 17.3 Å². The quantitative estimate of drug-likeness (QED) is 0.512. The molecule has 0 bridgehead atoms. The molecule has 2 aromatic rings. The van der Waals surface area contributed by atoms with Crippen LogP contribution in [0.4, 0.5) is 0 Å².